The van der Waals surface area contributed by atoms with E-state index in [4.69, 9.17) is 11.6 Å². The molecule has 0 saturated heterocycles. The second-order valence-electron chi connectivity index (χ2n) is 4.41. The van der Waals surface area contributed by atoms with Gasteiger partial charge in [0.05, 0.1) is 4.88 Å². The number of amides is 1. The maximum absolute atomic E-state index is 12.2. The average molecular weight is 334 g/mol. The first-order valence-electron chi connectivity index (χ1n) is 5.97. The summed E-state index contributed by atoms with van der Waals surface area (Å²) in [6.07, 6.45) is -4.43. The number of hydrogen-bond acceptors (Lipinski definition) is 2. The van der Waals surface area contributed by atoms with Gasteiger partial charge in [0, 0.05) is 15.5 Å². The van der Waals surface area contributed by atoms with Crippen LogP contribution in [-0.4, -0.2) is 18.6 Å². The molecule has 0 atom stereocenters. The van der Waals surface area contributed by atoms with E-state index in [2.05, 4.69) is 0 Å². The largest absolute Gasteiger partial charge is 0.405 e. The van der Waals surface area contributed by atoms with Crippen molar-refractivity contribution in [3.8, 4) is 11.1 Å². The molecule has 0 fully saturated rings. The smallest absolute Gasteiger partial charge is 0.342 e. The number of rotatable bonds is 3. The van der Waals surface area contributed by atoms with Crippen molar-refractivity contribution in [2.24, 2.45) is 0 Å². The van der Waals surface area contributed by atoms with Gasteiger partial charge in [-0.1, -0.05) is 23.7 Å². The van der Waals surface area contributed by atoms with E-state index in [0.717, 1.165) is 16.2 Å². The first kappa shape index (κ1) is 15.9. The van der Waals surface area contributed by atoms with Crippen LogP contribution < -0.4 is 5.32 Å². The lowest BCUT2D eigenvalue weighted by atomic mass is 10.1. The molecule has 7 heteroatoms. The SMILES string of the molecule is Cc1cc(-c2cccc(Cl)c2)c(C(=O)NCC(F)(F)F)s1. The predicted molar refractivity (Wildman–Crippen MR) is 77.9 cm³/mol. The van der Waals surface area contributed by atoms with Gasteiger partial charge in [0.25, 0.3) is 5.91 Å². The summed E-state index contributed by atoms with van der Waals surface area (Å²) in [6, 6.07) is 8.60. The fraction of sp³-hybridized carbons (Fsp3) is 0.214. The molecule has 112 valence electrons. The molecule has 1 amide bonds. The molecule has 0 aliphatic rings. The summed E-state index contributed by atoms with van der Waals surface area (Å²) in [5.74, 6) is -0.736. The fourth-order valence-electron chi connectivity index (χ4n) is 1.81. The summed E-state index contributed by atoms with van der Waals surface area (Å²) in [4.78, 5) is 13.0. The molecule has 2 rings (SSSR count). The molecule has 2 aromatic rings. The van der Waals surface area contributed by atoms with E-state index < -0.39 is 18.6 Å². The molecular formula is C14H11ClF3NOS. The van der Waals surface area contributed by atoms with Crippen LogP contribution in [0.2, 0.25) is 5.02 Å². The van der Waals surface area contributed by atoms with Crippen molar-refractivity contribution in [3.05, 3.63) is 45.1 Å². The Morgan fingerprint density at radius 2 is 2.05 bits per heavy atom. The molecule has 0 saturated carbocycles. The Morgan fingerprint density at radius 3 is 2.67 bits per heavy atom. The Kier molecular flexibility index (Phi) is 4.58. The summed E-state index contributed by atoms with van der Waals surface area (Å²) in [5.41, 5.74) is 1.28. The van der Waals surface area contributed by atoms with Gasteiger partial charge in [0.2, 0.25) is 0 Å². The third-order valence-corrected chi connectivity index (χ3v) is 3.93. The quantitative estimate of drug-likeness (QED) is 0.869. The maximum atomic E-state index is 12.2. The zero-order chi connectivity index (χ0) is 15.6. The lowest BCUT2D eigenvalue weighted by Gasteiger charge is -2.09. The van der Waals surface area contributed by atoms with Crippen LogP contribution in [0.25, 0.3) is 11.1 Å². The highest BCUT2D eigenvalue weighted by atomic mass is 35.5. The summed E-state index contributed by atoms with van der Waals surface area (Å²) >= 11 is 7.06. The van der Waals surface area contributed by atoms with Gasteiger partial charge in [0.1, 0.15) is 6.54 Å². The third-order valence-electron chi connectivity index (χ3n) is 2.65. The number of carbonyl (C=O) groups excluding carboxylic acids is 1. The van der Waals surface area contributed by atoms with Crippen molar-refractivity contribution in [2.75, 3.05) is 6.54 Å². The summed E-state index contributed by atoms with van der Waals surface area (Å²) in [5, 5.41) is 2.39. The van der Waals surface area contributed by atoms with Crippen molar-refractivity contribution in [1.82, 2.24) is 5.32 Å². The Labute approximate surface area is 128 Å². The van der Waals surface area contributed by atoms with Gasteiger partial charge >= 0.3 is 6.18 Å². The van der Waals surface area contributed by atoms with Crippen LogP contribution >= 0.6 is 22.9 Å². The second kappa shape index (κ2) is 6.07. The topological polar surface area (TPSA) is 29.1 Å². The van der Waals surface area contributed by atoms with Crippen molar-refractivity contribution in [2.45, 2.75) is 13.1 Å². The van der Waals surface area contributed by atoms with Crippen LogP contribution in [0.3, 0.4) is 0 Å². The second-order valence-corrected chi connectivity index (χ2v) is 6.10. The van der Waals surface area contributed by atoms with Crippen molar-refractivity contribution in [3.63, 3.8) is 0 Å². The Hall–Kier alpha value is -1.53. The Balaban J connectivity index is 2.31. The van der Waals surface area contributed by atoms with Crippen molar-refractivity contribution >= 4 is 28.8 Å². The lowest BCUT2D eigenvalue weighted by Crippen LogP contribution is -2.33. The number of halogens is 4. The minimum Gasteiger partial charge on any atom is -0.342 e. The molecular weight excluding hydrogens is 323 g/mol. The van der Waals surface area contributed by atoms with Gasteiger partial charge in [-0.15, -0.1) is 11.3 Å². The highest BCUT2D eigenvalue weighted by Crippen LogP contribution is 2.32. The number of alkyl halides is 3. The molecule has 0 aliphatic carbocycles. The summed E-state index contributed by atoms with van der Waals surface area (Å²) in [6.45, 7) is 0.441. The van der Waals surface area contributed by atoms with Crippen LogP contribution in [-0.2, 0) is 0 Å². The van der Waals surface area contributed by atoms with Crippen LogP contribution in [0.15, 0.2) is 30.3 Å². The van der Waals surface area contributed by atoms with Crippen LogP contribution in [0.5, 0.6) is 0 Å². The standard InChI is InChI=1S/C14H11ClF3NOS/c1-8-5-11(9-3-2-4-10(15)6-9)12(21-8)13(20)19-7-14(16,17)18/h2-6H,7H2,1H3,(H,19,20). The molecule has 1 N–H and O–H groups in total. The van der Waals surface area contributed by atoms with E-state index in [1.807, 2.05) is 5.32 Å². The molecule has 2 nitrogen and oxygen atoms in total. The van der Waals surface area contributed by atoms with Gasteiger partial charge in [-0.05, 0) is 30.7 Å². The number of nitrogens with one attached hydrogen (secondary N) is 1. The Morgan fingerprint density at radius 1 is 1.33 bits per heavy atom. The molecule has 0 spiro atoms. The van der Waals surface area contributed by atoms with Crippen LogP contribution in [0, 0.1) is 6.92 Å². The number of aryl methyl sites for hydroxylation is 1. The third kappa shape index (κ3) is 4.22. The monoisotopic (exact) mass is 333 g/mol. The fourth-order valence-corrected chi connectivity index (χ4v) is 2.95. The van der Waals surface area contributed by atoms with E-state index in [1.54, 1.807) is 37.3 Å². The minimum absolute atomic E-state index is 0.249. The van der Waals surface area contributed by atoms with Gasteiger partial charge < -0.3 is 5.32 Å². The molecule has 1 aromatic carbocycles. The normalized spacial score (nSPS) is 11.5. The summed E-state index contributed by atoms with van der Waals surface area (Å²) < 4.78 is 36.6. The number of carbonyl (C=O) groups is 1. The van der Waals surface area contributed by atoms with Gasteiger partial charge in [0.15, 0.2) is 0 Å². The first-order valence-corrected chi connectivity index (χ1v) is 7.17. The molecule has 0 bridgehead atoms. The maximum Gasteiger partial charge on any atom is 0.405 e. The van der Waals surface area contributed by atoms with E-state index in [-0.39, 0.29) is 4.88 Å². The van der Waals surface area contributed by atoms with Crippen molar-refractivity contribution < 1.29 is 18.0 Å². The number of thiophene rings is 1. The van der Waals surface area contributed by atoms with E-state index in [0.29, 0.717) is 16.1 Å². The van der Waals surface area contributed by atoms with Crippen LogP contribution in [0.4, 0.5) is 13.2 Å². The van der Waals surface area contributed by atoms with Gasteiger partial charge in [-0.2, -0.15) is 13.2 Å². The Bertz CT molecular complexity index is 666. The molecule has 1 aromatic heterocycles. The number of benzene rings is 1. The highest BCUT2D eigenvalue weighted by Gasteiger charge is 2.28. The molecule has 0 radical (unpaired) electrons. The molecule has 0 unspecified atom stereocenters. The molecule has 1 heterocycles. The number of hydrogen-bond donors (Lipinski definition) is 1. The van der Waals surface area contributed by atoms with Gasteiger partial charge in [-0.3, -0.25) is 4.79 Å². The zero-order valence-corrected chi connectivity index (χ0v) is 12.5. The van der Waals surface area contributed by atoms with E-state index in [9.17, 15) is 18.0 Å². The lowest BCUT2D eigenvalue weighted by molar-refractivity contribution is -0.123. The van der Waals surface area contributed by atoms with Crippen LogP contribution in [0.1, 0.15) is 14.5 Å². The van der Waals surface area contributed by atoms with Gasteiger partial charge in [-0.25, -0.2) is 0 Å². The highest BCUT2D eigenvalue weighted by molar-refractivity contribution is 7.14. The van der Waals surface area contributed by atoms with E-state index >= 15 is 0 Å². The predicted octanol–water partition coefficient (Wildman–Crippen LogP) is 4.67. The average Bonchev–Trinajstić information content (AvgIpc) is 2.77. The van der Waals surface area contributed by atoms with Crippen molar-refractivity contribution in [1.29, 1.82) is 0 Å². The molecule has 0 aliphatic heterocycles. The minimum atomic E-state index is -4.43. The molecule has 21 heavy (non-hydrogen) atoms. The first-order chi connectivity index (χ1) is 9.76. The van der Waals surface area contributed by atoms with E-state index in [1.165, 1.54) is 0 Å². The summed E-state index contributed by atoms with van der Waals surface area (Å²) in [7, 11) is 0. The zero-order valence-electron chi connectivity index (χ0n) is 10.9.